The molecule has 2 heterocycles. The van der Waals surface area contributed by atoms with E-state index in [0.29, 0.717) is 6.92 Å². The fraction of sp³-hybridized carbons (Fsp3) is 0.286. The van der Waals surface area contributed by atoms with E-state index < -0.39 is 44.0 Å². The van der Waals surface area contributed by atoms with Crippen molar-refractivity contribution in [2.75, 3.05) is 5.32 Å². The highest BCUT2D eigenvalue weighted by molar-refractivity contribution is 7.89. The van der Waals surface area contributed by atoms with Crippen LogP contribution in [0.25, 0.3) is 0 Å². The summed E-state index contributed by atoms with van der Waals surface area (Å²) in [4.78, 5) is 14.9. The van der Waals surface area contributed by atoms with E-state index in [1.54, 1.807) is 0 Å². The van der Waals surface area contributed by atoms with Crippen LogP contribution in [-0.2, 0) is 17.1 Å². The molecule has 0 spiro atoms. The number of amides is 1. The second-order valence-electron chi connectivity index (χ2n) is 5.47. The van der Waals surface area contributed by atoms with Gasteiger partial charge in [-0.3, -0.25) is 4.79 Å². The summed E-state index contributed by atoms with van der Waals surface area (Å²) in [6.45, 7) is 0.625. The highest BCUT2D eigenvalue weighted by Crippen LogP contribution is 2.29. The summed E-state index contributed by atoms with van der Waals surface area (Å²) in [5.74, 6) is -1.75. The fourth-order valence-electron chi connectivity index (χ4n) is 2.05. The molecule has 27 heavy (non-hydrogen) atoms. The molecule has 2 aromatic heterocycles. The van der Waals surface area contributed by atoms with Crippen molar-refractivity contribution in [3.05, 3.63) is 41.2 Å². The number of hydrogen-bond donors (Lipinski definition) is 2. The topological polar surface area (TPSA) is 93.1 Å². The standard InChI is InChI=1S/C14H13ClF4N4O3S/c1-7(14(17,18)19)22-27(25,26)9-6-23(2)12(11(9)15)13(24)21-8-3-4-20-10(16)5-8/h3-7,22H,1-2H3,(H,20,21,24)/t7-/m1/s1. The van der Waals surface area contributed by atoms with Crippen LogP contribution in [0.4, 0.5) is 23.2 Å². The third-order valence-corrected chi connectivity index (χ3v) is 5.45. The molecular weight excluding hydrogens is 416 g/mol. The third kappa shape index (κ3) is 4.76. The van der Waals surface area contributed by atoms with Gasteiger partial charge < -0.3 is 9.88 Å². The summed E-state index contributed by atoms with van der Waals surface area (Å²) in [5.41, 5.74) is -0.313. The van der Waals surface area contributed by atoms with Gasteiger partial charge in [-0.2, -0.15) is 22.3 Å². The second-order valence-corrected chi connectivity index (χ2v) is 7.53. The van der Waals surface area contributed by atoms with Crippen LogP contribution < -0.4 is 10.0 Å². The first-order chi connectivity index (χ1) is 12.3. The quantitative estimate of drug-likeness (QED) is 0.565. The summed E-state index contributed by atoms with van der Waals surface area (Å²) in [5, 5.41) is 1.71. The Morgan fingerprint density at radius 2 is 2.00 bits per heavy atom. The van der Waals surface area contributed by atoms with Crippen LogP contribution in [-0.4, -0.2) is 36.1 Å². The summed E-state index contributed by atoms with van der Waals surface area (Å²) in [6.07, 6.45) is -2.81. The molecule has 0 saturated carbocycles. The molecule has 0 radical (unpaired) electrons. The lowest BCUT2D eigenvalue weighted by molar-refractivity contribution is -0.147. The third-order valence-electron chi connectivity index (χ3n) is 3.40. The minimum atomic E-state index is -4.81. The lowest BCUT2D eigenvalue weighted by atomic mass is 10.3. The first-order valence-corrected chi connectivity index (χ1v) is 9.06. The Balaban J connectivity index is 2.34. The summed E-state index contributed by atoms with van der Waals surface area (Å²) < 4.78 is 77.8. The zero-order valence-electron chi connectivity index (χ0n) is 13.8. The van der Waals surface area contributed by atoms with Crippen LogP contribution >= 0.6 is 11.6 Å². The van der Waals surface area contributed by atoms with Gasteiger partial charge in [-0.05, 0) is 13.0 Å². The largest absolute Gasteiger partial charge is 0.404 e. The zero-order chi connectivity index (χ0) is 20.6. The molecule has 1 amide bonds. The lowest BCUT2D eigenvalue weighted by Gasteiger charge is -2.16. The van der Waals surface area contributed by atoms with Gasteiger partial charge in [0.25, 0.3) is 5.91 Å². The fourth-order valence-corrected chi connectivity index (χ4v) is 3.98. The van der Waals surface area contributed by atoms with Crippen molar-refractivity contribution < 1.29 is 30.8 Å². The van der Waals surface area contributed by atoms with Gasteiger partial charge in [0.1, 0.15) is 16.6 Å². The number of pyridine rings is 1. The smallest absolute Gasteiger partial charge is 0.344 e. The number of sulfonamides is 1. The Morgan fingerprint density at radius 3 is 2.56 bits per heavy atom. The number of nitrogens with zero attached hydrogens (tertiary/aromatic N) is 2. The first kappa shape index (κ1) is 21.1. The van der Waals surface area contributed by atoms with E-state index in [9.17, 15) is 30.8 Å². The molecule has 2 rings (SSSR count). The van der Waals surface area contributed by atoms with Crippen molar-refractivity contribution in [1.82, 2.24) is 14.3 Å². The predicted molar refractivity (Wildman–Crippen MR) is 88.4 cm³/mol. The summed E-state index contributed by atoms with van der Waals surface area (Å²) in [6, 6.07) is -0.170. The van der Waals surface area contributed by atoms with Crippen LogP contribution in [0.2, 0.25) is 5.02 Å². The average molecular weight is 429 g/mol. The molecule has 0 aliphatic rings. The minimum absolute atomic E-state index is 0.0259. The van der Waals surface area contributed by atoms with E-state index in [0.717, 1.165) is 23.0 Å². The number of nitrogens with one attached hydrogen (secondary N) is 2. The van der Waals surface area contributed by atoms with Gasteiger partial charge in [0.2, 0.25) is 16.0 Å². The van der Waals surface area contributed by atoms with Gasteiger partial charge >= 0.3 is 6.18 Å². The van der Waals surface area contributed by atoms with Crippen molar-refractivity contribution in [2.45, 2.75) is 24.0 Å². The van der Waals surface area contributed by atoms with Crippen LogP contribution in [0.3, 0.4) is 0 Å². The van der Waals surface area contributed by atoms with Crippen LogP contribution in [0.5, 0.6) is 0 Å². The Bertz CT molecular complexity index is 975. The Hall–Kier alpha value is -2.18. The molecule has 2 N–H and O–H groups in total. The number of halogens is 5. The maximum atomic E-state index is 13.1. The van der Waals surface area contributed by atoms with Gasteiger partial charge in [-0.15, -0.1) is 0 Å². The monoisotopic (exact) mass is 428 g/mol. The number of alkyl halides is 3. The van der Waals surface area contributed by atoms with E-state index in [1.807, 2.05) is 0 Å². The van der Waals surface area contributed by atoms with Gasteiger partial charge in [-0.1, -0.05) is 11.6 Å². The van der Waals surface area contributed by atoms with Crippen molar-refractivity contribution >= 4 is 33.2 Å². The molecule has 0 bridgehead atoms. The Kier molecular flexibility index (Phi) is 5.82. The van der Waals surface area contributed by atoms with Crippen molar-refractivity contribution in [3.8, 4) is 0 Å². The number of anilines is 1. The number of hydrogen-bond acceptors (Lipinski definition) is 4. The summed E-state index contributed by atoms with van der Waals surface area (Å²) in [7, 11) is -3.38. The number of aryl methyl sites for hydroxylation is 1. The number of rotatable bonds is 5. The van der Waals surface area contributed by atoms with E-state index in [-0.39, 0.29) is 11.4 Å². The van der Waals surface area contributed by atoms with Crippen LogP contribution in [0.1, 0.15) is 17.4 Å². The molecule has 0 aliphatic carbocycles. The van der Waals surface area contributed by atoms with Crippen LogP contribution in [0.15, 0.2) is 29.4 Å². The maximum absolute atomic E-state index is 13.1. The Morgan fingerprint density at radius 1 is 1.37 bits per heavy atom. The minimum Gasteiger partial charge on any atom is -0.344 e. The molecular formula is C14H13ClF4N4O3S. The normalized spacial score (nSPS) is 13.4. The van der Waals surface area contributed by atoms with Gasteiger partial charge in [0, 0.05) is 31.2 Å². The van der Waals surface area contributed by atoms with Crippen molar-refractivity contribution in [2.24, 2.45) is 7.05 Å². The highest BCUT2D eigenvalue weighted by atomic mass is 35.5. The molecule has 2 aromatic rings. The lowest BCUT2D eigenvalue weighted by Crippen LogP contribution is -2.42. The van der Waals surface area contributed by atoms with E-state index in [1.165, 1.54) is 17.8 Å². The molecule has 0 saturated heterocycles. The molecule has 1 atom stereocenters. The molecule has 7 nitrogen and oxygen atoms in total. The van der Waals surface area contributed by atoms with Crippen LogP contribution in [0, 0.1) is 5.95 Å². The Labute approximate surface area is 156 Å². The van der Waals surface area contributed by atoms with E-state index in [2.05, 4.69) is 10.3 Å². The average Bonchev–Trinajstić information content (AvgIpc) is 2.81. The SMILES string of the molecule is C[C@@H](NS(=O)(=O)c1cn(C)c(C(=O)Nc2ccnc(F)c2)c1Cl)C(F)(F)F. The molecule has 13 heteroatoms. The highest BCUT2D eigenvalue weighted by Gasteiger charge is 2.40. The molecule has 0 aliphatic heterocycles. The molecule has 148 valence electrons. The van der Waals surface area contributed by atoms with E-state index in [4.69, 9.17) is 11.6 Å². The van der Waals surface area contributed by atoms with Crippen molar-refractivity contribution in [3.63, 3.8) is 0 Å². The number of aromatic nitrogens is 2. The van der Waals surface area contributed by atoms with Gasteiger partial charge in [0.15, 0.2) is 0 Å². The van der Waals surface area contributed by atoms with Gasteiger partial charge in [-0.25, -0.2) is 13.4 Å². The molecule has 0 fully saturated rings. The maximum Gasteiger partial charge on any atom is 0.404 e. The van der Waals surface area contributed by atoms with Crippen molar-refractivity contribution in [1.29, 1.82) is 0 Å². The van der Waals surface area contributed by atoms with E-state index >= 15 is 0 Å². The first-order valence-electron chi connectivity index (χ1n) is 7.19. The van der Waals surface area contributed by atoms with Gasteiger partial charge in [0.05, 0.1) is 5.02 Å². The molecule has 0 unspecified atom stereocenters. The number of carbonyl (C=O) groups excluding carboxylic acids is 1. The molecule has 0 aromatic carbocycles. The predicted octanol–water partition coefficient (Wildman–Crippen LogP) is 2.69. The second kappa shape index (κ2) is 7.44. The zero-order valence-corrected chi connectivity index (χ0v) is 15.4. The number of carbonyl (C=O) groups is 1. The summed E-state index contributed by atoms with van der Waals surface area (Å²) >= 11 is 5.94.